The van der Waals surface area contributed by atoms with Crippen LogP contribution in [0.3, 0.4) is 0 Å². The number of carbonyl (C=O) groups excluding carboxylic acids is 3. The van der Waals surface area contributed by atoms with Crippen LogP contribution in [0.1, 0.15) is 47.7 Å². The molecule has 1 saturated heterocycles. The zero-order valence-corrected chi connectivity index (χ0v) is 17.5. The van der Waals surface area contributed by atoms with Crippen molar-refractivity contribution in [3.63, 3.8) is 0 Å². The Morgan fingerprint density at radius 1 is 1.03 bits per heavy atom. The van der Waals surface area contributed by atoms with Gasteiger partial charge in [-0.1, -0.05) is 35.9 Å². The molecule has 0 aliphatic carbocycles. The Kier molecular flexibility index (Phi) is 5.33. The van der Waals surface area contributed by atoms with E-state index in [1.165, 1.54) is 0 Å². The maximum absolute atomic E-state index is 13.2. The predicted octanol–water partition coefficient (Wildman–Crippen LogP) is 3.36. The highest BCUT2D eigenvalue weighted by Gasteiger charge is 2.47. The normalized spacial score (nSPS) is 17.6. The first kappa shape index (κ1) is 20.1. The van der Waals surface area contributed by atoms with Gasteiger partial charge in [0.2, 0.25) is 11.8 Å². The van der Waals surface area contributed by atoms with Gasteiger partial charge in [0.15, 0.2) is 0 Å². The maximum atomic E-state index is 13.2. The number of rotatable bonds is 4. The fraction of sp³-hybridized carbons (Fsp3) is 0.375. The van der Waals surface area contributed by atoms with E-state index in [9.17, 15) is 14.4 Å². The average molecular weight is 405 g/mol. The third-order valence-electron chi connectivity index (χ3n) is 6.36. The molecule has 30 heavy (non-hydrogen) atoms. The first-order valence-electron chi connectivity index (χ1n) is 10.4. The molecule has 3 amide bonds. The van der Waals surface area contributed by atoms with Gasteiger partial charge in [-0.3, -0.25) is 14.4 Å². The lowest BCUT2D eigenvalue weighted by atomic mass is 9.82. The van der Waals surface area contributed by atoms with Gasteiger partial charge in [-0.15, -0.1) is 0 Å². The summed E-state index contributed by atoms with van der Waals surface area (Å²) in [4.78, 5) is 41.7. The van der Waals surface area contributed by atoms with Crippen molar-refractivity contribution < 1.29 is 14.4 Å². The molecule has 2 aromatic rings. The van der Waals surface area contributed by atoms with E-state index in [1.807, 2.05) is 60.4 Å². The molecule has 0 bridgehead atoms. The standard InChI is InChI=1S/C24H27N3O3/c1-17-7-9-20(10-8-17)25-22(29)15-24(11-13-26(14-12-24)18(2)28)27-16-19-5-3-4-6-21(19)23(27)30/h3-10H,11-16H2,1-2H3,(H,25,29). The zero-order chi connectivity index (χ0) is 21.3. The van der Waals surface area contributed by atoms with Gasteiger partial charge in [0.25, 0.3) is 5.91 Å². The third-order valence-corrected chi connectivity index (χ3v) is 6.36. The number of hydrogen-bond acceptors (Lipinski definition) is 3. The molecule has 0 unspecified atom stereocenters. The maximum Gasteiger partial charge on any atom is 0.254 e. The van der Waals surface area contributed by atoms with Crippen molar-refractivity contribution in [3.8, 4) is 0 Å². The van der Waals surface area contributed by atoms with Crippen LogP contribution in [0.5, 0.6) is 0 Å². The van der Waals surface area contributed by atoms with Crippen LogP contribution in [0.25, 0.3) is 0 Å². The molecule has 2 heterocycles. The lowest BCUT2D eigenvalue weighted by Gasteiger charge is -2.47. The zero-order valence-electron chi connectivity index (χ0n) is 17.5. The van der Waals surface area contributed by atoms with Gasteiger partial charge in [0.1, 0.15) is 0 Å². The molecule has 6 nitrogen and oxygen atoms in total. The van der Waals surface area contributed by atoms with E-state index in [4.69, 9.17) is 0 Å². The molecule has 2 aliphatic heterocycles. The summed E-state index contributed by atoms with van der Waals surface area (Å²) in [5, 5.41) is 2.98. The number of amides is 3. The van der Waals surface area contributed by atoms with Crippen molar-refractivity contribution in [2.24, 2.45) is 0 Å². The number of piperidine rings is 1. The van der Waals surface area contributed by atoms with Crippen LogP contribution in [0, 0.1) is 6.92 Å². The topological polar surface area (TPSA) is 69.7 Å². The summed E-state index contributed by atoms with van der Waals surface area (Å²) in [7, 11) is 0. The fourth-order valence-corrected chi connectivity index (χ4v) is 4.56. The Morgan fingerprint density at radius 2 is 1.70 bits per heavy atom. The Balaban J connectivity index is 1.57. The van der Waals surface area contributed by atoms with Gasteiger partial charge in [0, 0.05) is 37.8 Å². The Hall–Kier alpha value is -3.15. The number of hydrogen-bond donors (Lipinski definition) is 1. The molecular weight excluding hydrogens is 378 g/mol. The van der Waals surface area contributed by atoms with Crippen LogP contribution in [0.2, 0.25) is 0 Å². The van der Waals surface area contributed by atoms with Crippen LogP contribution < -0.4 is 5.32 Å². The summed E-state index contributed by atoms with van der Waals surface area (Å²) in [6, 6.07) is 15.3. The molecule has 0 atom stereocenters. The van der Waals surface area contributed by atoms with Gasteiger partial charge in [-0.05, 0) is 43.5 Å². The summed E-state index contributed by atoms with van der Waals surface area (Å²) in [6.45, 7) is 5.17. The van der Waals surface area contributed by atoms with Crippen molar-refractivity contribution in [2.45, 2.75) is 45.2 Å². The minimum absolute atomic E-state index is 0.0231. The number of anilines is 1. The van der Waals surface area contributed by atoms with Gasteiger partial charge in [-0.25, -0.2) is 0 Å². The second-order valence-electron chi connectivity index (χ2n) is 8.37. The Labute approximate surface area is 176 Å². The highest BCUT2D eigenvalue weighted by atomic mass is 16.2. The van der Waals surface area contributed by atoms with Crippen molar-refractivity contribution in [1.29, 1.82) is 0 Å². The van der Waals surface area contributed by atoms with E-state index >= 15 is 0 Å². The predicted molar refractivity (Wildman–Crippen MR) is 115 cm³/mol. The van der Waals surface area contributed by atoms with E-state index in [1.54, 1.807) is 11.8 Å². The van der Waals surface area contributed by atoms with Crippen molar-refractivity contribution in [2.75, 3.05) is 18.4 Å². The highest BCUT2D eigenvalue weighted by Crippen LogP contribution is 2.38. The minimum Gasteiger partial charge on any atom is -0.343 e. The molecule has 0 spiro atoms. The fourth-order valence-electron chi connectivity index (χ4n) is 4.56. The summed E-state index contributed by atoms with van der Waals surface area (Å²) in [5.74, 6) is -0.104. The van der Waals surface area contributed by atoms with Crippen LogP contribution in [0.4, 0.5) is 5.69 Å². The van der Waals surface area contributed by atoms with Crippen LogP contribution in [-0.2, 0) is 16.1 Å². The molecule has 1 fully saturated rings. The SMILES string of the molecule is CC(=O)N1CCC(CC(=O)Nc2ccc(C)cc2)(N2Cc3ccccc3C2=O)CC1. The monoisotopic (exact) mass is 405 g/mol. The molecule has 2 aromatic carbocycles. The van der Waals surface area contributed by atoms with Crippen LogP contribution in [-0.4, -0.2) is 46.1 Å². The molecule has 2 aliphatic rings. The largest absolute Gasteiger partial charge is 0.343 e. The number of benzene rings is 2. The van der Waals surface area contributed by atoms with Crippen molar-refractivity contribution >= 4 is 23.4 Å². The first-order valence-corrected chi connectivity index (χ1v) is 10.4. The molecule has 0 saturated carbocycles. The average Bonchev–Trinajstić information content (AvgIpc) is 3.07. The minimum atomic E-state index is -0.600. The number of fused-ring (bicyclic) bond motifs is 1. The smallest absolute Gasteiger partial charge is 0.254 e. The molecule has 4 rings (SSSR count). The van der Waals surface area contributed by atoms with Gasteiger partial charge in [-0.2, -0.15) is 0 Å². The molecule has 1 N–H and O–H groups in total. The van der Waals surface area contributed by atoms with Crippen LogP contribution in [0.15, 0.2) is 48.5 Å². The number of carbonyl (C=O) groups is 3. The quantitative estimate of drug-likeness (QED) is 0.848. The van der Waals surface area contributed by atoms with E-state index in [0.717, 1.165) is 16.8 Å². The second-order valence-corrected chi connectivity index (χ2v) is 8.37. The lowest BCUT2D eigenvalue weighted by Crippen LogP contribution is -2.57. The van der Waals surface area contributed by atoms with Crippen molar-refractivity contribution in [3.05, 3.63) is 65.2 Å². The third kappa shape index (κ3) is 3.82. The number of nitrogens with zero attached hydrogens (tertiary/aromatic N) is 2. The van der Waals surface area contributed by atoms with Crippen LogP contribution >= 0.6 is 0 Å². The summed E-state index contributed by atoms with van der Waals surface area (Å²) in [6.07, 6.45) is 1.40. The van der Waals surface area contributed by atoms with E-state index in [-0.39, 0.29) is 24.1 Å². The molecular formula is C24H27N3O3. The van der Waals surface area contributed by atoms with Gasteiger partial charge in [0.05, 0.1) is 12.0 Å². The molecule has 0 radical (unpaired) electrons. The second kappa shape index (κ2) is 7.94. The van der Waals surface area contributed by atoms with Gasteiger partial charge < -0.3 is 15.1 Å². The van der Waals surface area contributed by atoms with E-state index < -0.39 is 5.54 Å². The molecule has 6 heteroatoms. The van der Waals surface area contributed by atoms with Gasteiger partial charge >= 0.3 is 0 Å². The lowest BCUT2D eigenvalue weighted by molar-refractivity contribution is -0.131. The first-order chi connectivity index (χ1) is 14.4. The summed E-state index contributed by atoms with van der Waals surface area (Å²) in [5.41, 5.74) is 2.98. The number of nitrogens with one attached hydrogen (secondary N) is 1. The summed E-state index contributed by atoms with van der Waals surface area (Å²) >= 11 is 0. The molecule has 156 valence electrons. The molecule has 0 aromatic heterocycles. The van der Waals surface area contributed by atoms with E-state index in [2.05, 4.69) is 5.32 Å². The summed E-state index contributed by atoms with van der Waals surface area (Å²) < 4.78 is 0. The number of likely N-dealkylation sites (tertiary alicyclic amines) is 1. The van der Waals surface area contributed by atoms with E-state index in [0.29, 0.717) is 38.0 Å². The highest BCUT2D eigenvalue weighted by molar-refractivity contribution is 5.99. The van der Waals surface area contributed by atoms with Crippen molar-refractivity contribution in [1.82, 2.24) is 9.80 Å². The number of aryl methyl sites for hydroxylation is 1. The Bertz CT molecular complexity index is 975. The Morgan fingerprint density at radius 3 is 2.33 bits per heavy atom.